The van der Waals surface area contributed by atoms with Crippen molar-refractivity contribution in [2.24, 2.45) is 12.9 Å². The molecule has 17 heavy (non-hydrogen) atoms. The van der Waals surface area contributed by atoms with Crippen molar-refractivity contribution in [2.75, 3.05) is 0 Å². The van der Waals surface area contributed by atoms with E-state index in [1.807, 2.05) is 19.3 Å². The summed E-state index contributed by atoms with van der Waals surface area (Å²) in [7, 11) is 1.85. The minimum Gasteiger partial charge on any atom is -0.276 e. The van der Waals surface area contributed by atoms with Crippen LogP contribution in [0.5, 0.6) is 0 Å². The number of hydrazine groups is 1. The number of hydrogen-bond donors (Lipinski definition) is 2. The average Bonchev–Trinajstić information content (AvgIpc) is 2.73. The van der Waals surface area contributed by atoms with Crippen molar-refractivity contribution in [3.05, 3.63) is 47.8 Å². The maximum atomic E-state index is 12.8. The smallest absolute Gasteiger partial charge is 0.141 e. The number of hydrogen-bond acceptors (Lipinski definition) is 4. The largest absolute Gasteiger partial charge is 0.276 e. The molecule has 0 aromatic carbocycles. The first-order valence-corrected chi connectivity index (χ1v) is 5.25. The Bertz CT molecular complexity index is 479. The molecule has 0 amide bonds. The Kier molecular flexibility index (Phi) is 3.46. The molecule has 0 saturated heterocycles. The first-order valence-electron chi connectivity index (χ1n) is 5.25. The quantitative estimate of drug-likeness (QED) is 0.604. The van der Waals surface area contributed by atoms with E-state index in [4.69, 9.17) is 5.84 Å². The Morgan fingerprint density at radius 2 is 2.29 bits per heavy atom. The SMILES string of the molecule is Cn1ccc(CC(NN)c2ccc(F)cn2)n1. The summed E-state index contributed by atoms with van der Waals surface area (Å²) in [5.41, 5.74) is 4.26. The van der Waals surface area contributed by atoms with Crippen molar-refractivity contribution in [2.45, 2.75) is 12.5 Å². The van der Waals surface area contributed by atoms with Gasteiger partial charge in [0.2, 0.25) is 0 Å². The molecule has 3 N–H and O–H groups in total. The number of nitrogens with one attached hydrogen (secondary N) is 1. The van der Waals surface area contributed by atoms with Gasteiger partial charge in [-0.05, 0) is 18.2 Å². The molecule has 0 aliphatic heterocycles. The lowest BCUT2D eigenvalue weighted by atomic mass is 10.1. The summed E-state index contributed by atoms with van der Waals surface area (Å²) < 4.78 is 14.5. The molecule has 5 nitrogen and oxygen atoms in total. The number of pyridine rings is 1. The zero-order valence-electron chi connectivity index (χ0n) is 9.47. The van der Waals surface area contributed by atoms with Crippen LogP contribution < -0.4 is 11.3 Å². The van der Waals surface area contributed by atoms with Crippen LogP contribution in [0.25, 0.3) is 0 Å². The standard InChI is InChI=1S/C11H14FN5/c1-17-5-4-9(16-17)6-11(15-13)10-3-2-8(12)7-14-10/h2-5,7,11,15H,6,13H2,1H3. The number of nitrogens with zero attached hydrogens (tertiary/aromatic N) is 3. The Morgan fingerprint density at radius 3 is 2.82 bits per heavy atom. The molecule has 2 aromatic rings. The Balaban J connectivity index is 2.13. The van der Waals surface area contributed by atoms with Gasteiger partial charge >= 0.3 is 0 Å². The van der Waals surface area contributed by atoms with Crippen molar-refractivity contribution >= 4 is 0 Å². The van der Waals surface area contributed by atoms with Crippen LogP contribution in [0.15, 0.2) is 30.6 Å². The predicted molar refractivity (Wildman–Crippen MR) is 61.2 cm³/mol. The van der Waals surface area contributed by atoms with Crippen LogP contribution in [0.1, 0.15) is 17.4 Å². The minimum atomic E-state index is -0.359. The van der Waals surface area contributed by atoms with Crippen molar-refractivity contribution in [1.82, 2.24) is 20.2 Å². The van der Waals surface area contributed by atoms with E-state index in [1.165, 1.54) is 12.3 Å². The molecule has 0 saturated carbocycles. The van der Waals surface area contributed by atoms with E-state index in [9.17, 15) is 4.39 Å². The van der Waals surface area contributed by atoms with Crippen molar-refractivity contribution in [3.63, 3.8) is 0 Å². The Hall–Kier alpha value is -1.79. The normalized spacial score (nSPS) is 12.6. The highest BCUT2D eigenvalue weighted by Gasteiger charge is 2.13. The van der Waals surface area contributed by atoms with Gasteiger partial charge in [-0.15, -0.1) is 0 Å². The highest BCUT2D eigenvalue weighted by atomic mass is 19.1. The molecule has 1 atom stereocenters. The van der Waals surface area contributed by atoms with E-state index in [0.29, 0.717) is 12.1 Å². The van der Waals surface area contributed by atoms with E-state index in [2.05, 4.69) is 15.5 Å². The van der Waals surface area contributed by atoms with Crippen LogP contribution >= 0.6 is 0 Å². The second-order valence-electron chi connectivity index (χ2n) is 3.81. The summed E-state index contributed by atoms with van der Waals surface area (Å²) in [4.78, 5) is 4.00. The zero-order chi connectivity index (χ0) is 12.3. The number of aromatic nitrogens is 3. The summed E-state index contributed by atoms with van der Waals surface area (Å²) in [6, 6.07) is 4.72. The number of halogens is 1. The minimum absolute atomic E-state index is 0.175. The Labute approximate surface area is 98.4 Å². The maximum Gasteiger partial charge on any atom is 0.141 e. The zero-order valence-corrected chi connectivity index (χ0v) is 9.47. The molecule has 0 fully saturated rings. The van der Waals surface area contributed by atoms with E-state index in [0.717, 1.165) is 5.69 Å². The van der Waals surface area contributed by atoms with Gasteiger partial charge in [0.15, 0.2) is 0 Å². The highest BCUT2D eigenvalue weighted by Crippen LogP contribution is 2.14. The lowest BCUT2D eigenvalue weighted by Crippen LogP contribution is -2.30. The lowest BCUT2D eigenvalue weighted by molar-refractivity contribution is 0.524. The second kappa shape index (κ2) is 5.03. The van der Waals surface area contributed by atoms with E-state index >= 15 is 0 Å². The fourth-order valence-corrected chi connectivity index (χ4v) is 1.62. The summed E-state index contributed by atoms with van der Waals surface area (Å²) in [6.07, 6.45) is 3.65. The Morgan fingerprint density at radius 1 is 1.47 bits per heavy atom. The summed E-state index contributed by atoms with van der Waals surface area (Å²) in [5.74, 6) is 5.12. The molecule has 2 aromatic heterocycles. The molecule has 0 aliphatic rings. The maximum absolute atomic E-state index is 12.8. The van der Waals surface area contributed by atoms with Gasteiger partial charge in [-0.25, -0.2) is 4.39 Å². The summed E-state index contributed by atoms with van der Waals surface area (Å²) >= 11 is 0. The molecule has 0 spiro atoms. The van der Waals surface area contributed by atoms with Gasteiger partial charge in [0, 0.05) is 19.7 Å². The molecule has 6 heteroatoms. The highest BCUT2D eigenvalue weighted by molar-refractivity contribution is 5.13. The third kappa shape index (κ3) is 2.86. The molecular weight excluding hydrogens is 221 g/mol. The van der Waals surface area contributed by atoms with Crippen LogP contribution in [0.4, 0.5) is 4.39 Å². The summed E-state index contributed by atoms with van der Waals surface area (Å²) in [6.45, 7) is 0. The van der Waals surface area contributed by atoms with Gasteiger partial charge < -0.3 is 0 Å². The molecule has 0 radical (unpaired) electrons. The van der Waals surface area contributed by atoms with Gasteiger partial charge in [0.25, 0.3) is 0 Å². The van der Waals surface area contributed by atoms with Crippen LogP contribution in [0, 0.1) is 5.82 Å². The number of rotatable bonds is 4. The van der Waals surface area contributed by atoms with Crippen LogP contribution in [-0.4, -0.2) is 14.8 Å². The molecule has 90 valence electrons. The average molecular weight is 235 g/mol. The molecular formula is C11H14FN5. The predicted octanol–water partition coefficient (Wildman–Crippen LogP) is 0.701. The third-order valence-electron chi connectivity index (χ3n) is 2.49. The first-order chi connectivity index (χ1) is 8.19. The monoisotopic (exact) mass is 235 g/mol. The number of aryl methyl sites for hydroxylation is 1. The van der Waals surface area contributed by atoms with Gasteiger partial charge in [0.1, 0.15) is 5.82 Å². The van der Waals surface area contributed by atoms with Gasteiger partial charge in [0.05, 0.1) is 23.6 Å². The van der Waals surface area contributed by atoms with E-state index < -0.39 is 0 Å². The van der Waals surface area contributed by atoms with E-state index in [-0.39, 0.29) is 11.9 Å². The van der Waals surface area contributed by atoms with Gasteiger partial charge in [-0.1, -0.05) is 0 Å². The third-order valence-corrected chi connectivity index (χ3v) is 2.49. The summed E-state index contributed by atoms with van der Waals surface area (Å²) in [5, 5.41) is 4.26. The second-order valence-corrected chi connectivity index (χ2v) is 3.81. The fourth-order valence-electron chi connectivity index (χ4n) is 1.62. The topological polar surface area (TPSA) is 68.8 Å². The van der Waals surface area contributed by atoms with Gasteiger partial charge in [-0.2, -0.15) is 5.10 Å². The molecule has 0 aliphatic carbocycles. The molecule has 2 heterocycles. The first kappa shape index (κ1) is 11.7. The van der Waals surface area contributed by atoms with E-state index in [1.54, 1.807) is 10.7 Å². The molecule has 1 unspecified atom stereocenters. The van der Waals surface area contributed by atoms with Crippen LogP contribution in [-0.2, 0) is 13.5 Å². The van der Waals surface area contributed by atoms with Crippen molar-refractivity contribution in [1.29, 1.82) is 0 Å². The van der Waals surface area contributed by atoms with Crippen molar-refractivity contribution < 1.29 is 4.39 Å². The van der Waals surface area contributed by atoms with Gasteiger partial charge in [-0.3, -0.25) is 20.9 Å². The molecule has 2 rings (SSSR count). The fraction of sp³-hybridized carbons (Fsp3) is 0.273. The van der Waals surface area contributed by atoms with Crippen LogP contribution in [0.3, 0.4) is 0 Å². The molecule has 0 bridgehead atoms. The van der Waals surface area contributed by atoms with Crippen LogP contribution in [0.2, 0.25) is 0 Å². The van der Waals surface area contributed by atoms with Crippen molar-refractivity contribution in [3.8, 4) is 0 Å². The number of nitrogens with two attached hydrogens (primary N) is 1. The lowest BCUT2D eigenvalue weighted by Gasteiger charge is -2.13.